The first-order valence-corrected chi connectivity index (χ1v) is 13.1. The lowest BCUT2D eigenvalue weighted by molar-refractivity contribution is -0.274. The quantitative estimate of drug-likeness (QED) is 0.195. The Hall–Kier alpha value is -2.50. The Balaban J connectivity index is 1.67. The van der Waals surface area contributed by atoms with Crippen molar-refractivity contribution in [3.8, 4) is 5.75 Å². The molecule has 35 heavy (non-hydrogen) atoms. The van der Waals surface area contributed by atoms with E-state index < -0.39 is 6.36 Å². The van der Waals surface area contributed by atoms with Crippen LogP contribution in [0.5, 0.6) is 5.75 Å². The monoisotopic (exact) mass is 603 g/mol. The van der Waals surface area contributed by atoms with Crippen molar-refractivity contribution in [3.05, 3.63) is 59.7 Å². The second-order valence-electron chi connectivity index (χ2n) is 8.42. The number of benzene rings is 2. The molecule has 2 N–H and O–H groups in total. The third-order valence-corrected chi connectivity index (χ3v) is 6.54. The predicted molar refractivity (Wildman–Crippen MR) is 137 cm³/mol. The molecule has 1 aliphatic rings. The minimum Gasteiger partial charge on any atom is -0.406 e. The van der Waals surface area contributed by atoms with Gasteiger partial charge in [0.1, 0.15) is 5.75 Å². The molecule has 0 radical (unpaired) electrons. The Morgan fingerprint density at radius 1 is 1.00 bits per heavy atom. The highest BCUT2D eigenvalue weighted by Gasteiger charge is 2.31. The summed E-state index contributed by atoms with van der Waals surface area (Å²) >= 11 is 2.27. The average molecular weight is 603 g/mol. The Kier molecular flexibility index (Phi) is 10.1. The van der Waals surface area contributed by atoms with E-state index in [1.165, 1.54) is 12.1 Å². The van der Waals surface area contributed by atoms with Gasteiger partial charge >= 0.3 is 12.4 Å². The maximum atomic E-state index is 13.2. The first-order valence-electron chi connectivity index (χ1n) is 11.6. The number of anilines is 1. The highest BCUT2D eigenvalue weighted by atomic mass is 127. The van der Waals surface area contributed by atoms with Crippen LogP contribution >= 0.6 is 22.6 Å². The fraction of sp³-hybridized carbons (Fsp3) is 0.440. The average Bonchev–Trinajstić information content (AvgIpc) is 2.84. The summed E-state index contributed by atoms with van der Waals surface area (Å²) in [5.41, 5.74) is 1.84. The fourth-order valence-corrected chi connectivity index (χ4v) is 4.41. The lowest BCUT2D eigenvalue weighted by Gasteiger charge is -2.34. The summed E-state index contributed by atoms with van der Waals surface area (Å²) in [6, 6.07) is 12.0. The predicted octanol–water partition coefficient (Wildman–Crippen LogP) is 6.51. The number of nitrogens with zero attached hydrogens (tertiary/aromatic N) is 1. The van der Waals surface area contributed by atoms with Crippen molar-refractivity contribution in [1.82, 2.24) is 10.2 Å². The summed E-state index contributed by atoms with van der Waals surface area (Å²) in [4.78, 5) is 27.2. The Morgan fingerprint density at radius 2 is 1.66 bits per heavy atom. The number of rotatable bonds is 9. The van der Waals surface area contributed by atoms with Crippen LogP contribution in [0.15, 0.2) is 48.5 Å². The molecule has 1 saturated carbocycles. The van der Waals surface area contributed by atoms with Gasteiger partial charge in [-0.1, -0.05) is 54.0 Å². The van der Waals surface area contributed by atoms with Crippen molar-refractivity contribution in [2.24, 2.45) is 0 Å². The molecule has 2 aromatic rings. The van der Waals surface area contributed by atoms with E-state index in [9.17, 15) is 22.8 Å². The van der Waals surface area contributed by atoms with Gasteiger partial charge in [-0.15, -0.1) is 13.2 Å². The SMILES string of the molecule is O=C(NCCCI)c1ccc(CN(C(=O)Nc2ccc(OC(F)(F)F)cc2)C2CCCCC2)cc1. The van der Waals surface area contributed by atoms with Crippen LogP contribution in [0.1, 0.15) is 54.4 Å². The largest absolute Gasteiger partial charge is 0.573 e. The van der Waals surface area contributed by atoms with Crippen molar-refractivity contribution < 1.29 is 27.5 Å². The number of ether oxygens (including phenoxy) is 1. The number of halogens is 4. The molecule has 10 heteroatoms. The maximum Gasteiger partial charge on any atom is 0.573 e. The number of urea groups is 1. The number of nitrogens with one attached hydrogen (secondary N) is 2. The van der Waals surface area contributed by atoms with Gasteiger partial charge in [0, 0.05) is 34.8 Å². The highest BCUT2D eigenvalue weighted by molar-refractivity contribution is 14.1. The zero-order valence-electron chi connectivity index (χ0n) is 19.2. The summed E-state index contributed by atoms with van der Waals surface area (Å²) in [6.45, 7) is 0.991. The molecule has 0 aliphatic heterocycles. The molecule has 190 valence electrons. The minimum atomic E-state index is -4.77. The van der Waals surface area contributed by atoms with Crippen LogP contribution < -0.4 is 15.4 Å². The molecule has 0 bridgehead atoms. The molecule has 3 amide bonds. The molecule has 0 saturated heterocycles. The Bertz CT molecular complexity index is 963. The van der Waals surface area contributed by atoms with Crippen LogP contribution in [-0.2, 0) is 6.54 Å². The van der Waals surface area contributed by atoms with Crippen molar-refractivity contribution >= 4 is 40.2 Å². The summed E-state index contributed by atoms with van der Waals surface area (Å²) in [7, 11) is 0. The summed E-state index contributed by atoms with van der Waals surface area (Å²) < 4.78 is 42.0. The van der Waals surface area contributed by atoms with E-state index in [1.54, 1.807) is 17.0 Å². The topological polar surface area (TPSA) is 70.7 Å². The Labute approximate surface area is 216 Å². The molecule has 6 nitrogen and oxygen atoms in total. The van der Waals surface area contributed by atoms with Gasteiger partial charge in [0.05, 0.1) is 0 Å². The molecule has 1 aliphatic carbocycles. The third-order valence-electron chi connectivity index (χ3n) is 5.78. The molecule has 0 spiro atoms. The molecule has 0 heterocycles. The maximum absolute atomic E-state index is 13.2. The molecule has 2 aromatic carbocycles. The summed E-state index contributed by atoms with van der Waals surface area (Å²) in [5, 5.41) is 5.68. The third kappa shape index (κ3) is 8.90. The van der Waals surface area contributed by atoms with E-state index in [1.807, 2.05) is 12.1 Å². The van der Waals surface area contributed by atoms with Crippen molar-refractivity contribution in [1.29, 1.82) is 0 Å². The lowest BCUT2D eigenvalue weighted by atomic mass is 9.94. The van der Waals surface area contributed by atoms with E-state index in [4.69, 9.17) is 0 Å². The number of hydrogen-bond acceptors (Lipinski definition) is 3. The summed E-state index contributed by atoms with van der Waals surface area (Å²) in [6.07, 6.45) is 1.13. The zero-order chi connectivity index (χ0) is 25.3. The van der Waals surface area contributed by atoms with Gasteiger partial charge in [0.2, 0.25) is 0 Å². The number of hydrogen-bond donors (Lipinski definition) is 2. The Morgan fingerprint density at radius 3 is 2.26 bits per heavy atom. The van der Waals surface area contributed by atoms with Gasteiger partial charge in [-0.2, -0.15) is 0 Å². The van der Waals surface area contributed by atoms with Gasteiger partial charge in [0.15, 0.2) is 0 Å². The highest BCUT2D eigenvalue weighted by Crippen LogP contribution is 2.27. The second-order valence-corrected chi connectivity index (χ2v) is 9.50. The smallest absolute Gasteiger partial charge is 0.406 e. The second kappa shape index (κ2) is 13.0. The van der Waals surface area contributed by atoms with Crippen LogP contribution in [0, 0.1) is 0 Å². The van der Waals surface area contributed by atoms with Crippen molar-refractivity contribution in [3.63, 3.8) is 0 Å². The van der Waals surface area contributed by atoms with Gasteiger partial charge in [-0.25, -0.2) is 4.79 Å². The van der Waals surface area contributed by atoms with Crippen LogP contribution in [0.4, 0.5) is 23.7 Å². The molecular formula is C25H29F3IN3O3. The van der Waals surface area contributed by atoms with Crippen molar-refractivity contribution in [2.75, 3.05) is 16.3 Å². The van der Waals surface area contributed by atoms with Crippen LogP contribution in [0.2, 0.25) is 0 Å². The van der Waals surface area contributed by atoms with Crippen molar-refractivity contribution in [2.45, 2.75) is 57.5 Å². The lowest BCUT2D eigenvalue weighted by Crippen LogP contribution is -2.43. The number of alkyl halides is 4. The van der Waals surface area contributed by atoms with E-state index in [0.29, 0.717) is 24.3 Å². The molecule has 0 unspecified atom stereocenters. The minimum absolute atomic E-state index is 0.0628. The molecular weight excluding hydrogens is 574 g/mol. The van der Waals surface area contributed by atoms with Crippen LogP contribution in [0.25, 0.3) is 0 Å². The zero-order valence-corrected chi connectivity index (χ0v) is 21.4. The van der Waals surface area contributed by atoms with Crippen LogP contribution in [-0.4, -0.2) is 40.2 Å². The van der Waals surface area contributed by atoms with Gasteiger partial charge in [0.25, 0.3) is 5.91 Å². The van der Waals surface area contributed by atoms with E-state index in [0.717, 1.165) is 60.6 Å². The van der Waals surface area contributed by atoms with Crippen LogP contribution in [0.3, 0.4) is 0 Å². The van der Waals surface area contributed by atoms with Gasteiger partial charge in [-0.05, 0) is 61.2 Å². The van der Waals surface area contributed by atoms with Gasteiger partial charge < -0.3 is 20.3 Å². The number of carbonyl (C=O) groups excluding carboxylic acids is 2. The van der Waals surface area contributed by atoms with E-state index in [2.05, 4.69) is 38.0 Å². The summed E-state index contributed by atoms with van der Waals surface area (Å²) in [5.74, 6) is -0.473. The molecule has 3 rings (SSSR count). The van der Waals surface area contributed by atoms with Gasteiger partial charge in [-0.3, -0.25) is 4.79 Å². The number of carbonyl (C=O) groups is 2. The van der Waals surface area contributed by atoms with E-state index >= 15 is 0 Å². The molecule has 1 fully saturated rings. The first-order chi connectivity index (χ1) is 16.7. The normalized spacial score (nSPS) is 14.3. The molecule has 0 aromatic heterocycles. The first kappa shape index (κ1) is 27.1. The van der Waals surface area contributed by atoms with E-state index in [-0.39, 0.29) is 23.7 Å². The number of amides is 3. The molecule has 0 atom stereocenters. The standard InChI is InChI=1S/C25H29F3IN3O3/c26-25(27,28)35-22-13-11-20(12-14-22)31-24(34)32(21-5-2-1-3-6-21)17-18-7-9-19(10-8-18)23(33)30-16-4-15-29/h7-14,21H,1-6,15-17H2,(H,30,33)(H,31,34). The fourth-order valence-electron chi connectivity index (χ4n) is 4.02.